The van der Waals surface area contributed by atoms with Crippen molar-refractivity contribution < 1.29 is 9.53 Å². The first kappa shape index (κ1) is 13.0. The van der Waals surface area contributed by atoms with Crippen molar-refractivity contribution in [1.82, 2.24) is 15.1 Å². The molecular formula is C14H14ClN3O2. The molecule has 0 radical (unpaired) electrons. The van der Waals surface area contributed by atoms with Crippen LogP contribution in [0.5, 0.6) is 5.75 Å². The van der Waals surface area contributed by atoms with E-state index in [1.165, 1.54) is 4.68 Å². The lowest BCUT2D eigenvalue weighted by atomic mass is 10.3. The second kappa shape index (κ2) is 5.54. The molecule has 1 heterocycles. The topological polar surface area (TPSA) is 56.2 Å². The molecule has 104 valence electrons. The van der Waals surface area contributed by atoms with Crippen molar-refractivity contribution in [2.24, 2.45) is 0 Å². The molecule has 0 unspecified atom stereocenters. The Morgan fingerprint density at radius 3 is 2.95 bits per heavy atom. The van der Waals surface area contributed by atoms with Gasteiger partial charge in [-0.05, 0) is 31.0 Å². The number of para-hydroxylation sites is 1. The minimum absolute atomic E-state index is 0.118. The Balaban J connectivity index is 1.67. The van der Waals surface area contributed by atoms with Crippen LogP contribution < -0.4 is 10.1 Å². The van der Waals surface area contributed by atoms with Gasteiger partial charge in [-0.2, -0.15) is 5.10 Å². The molecule has 0 saturated heterocycles. The molecule has 3 rings (SSSR count). The van der Waals surface area contributed by atoms with E-state index in [1.54, 1.807) is 24.4 Å². The third kappa shape index (κ3) is 2.93. The molecule has 1 amide bonds. The quantitative estimate of drug-likeness (QED) is 0.921. The molecule has 1 fully saturated rings. The second-order valence-electron chi connectivity index (χ2n) is 4.67. The van der Waals surface area contributed by atoms with E-state index in [-0.39, 0.29) is 12.6 Å². The SMILES string of the molecule is O=C(NC1CC1)c1ccnn1COc1ccccc1Cl. The molecule has 20 heavy (non-hydrogen) atoms. The van der Waals surface area contributed by atoms with Gasteiger partial charge in [-0.1, -0.05) is 23.7 Å². The number of amides is 1. The number of ether oxygens (including phenoxy) is 1. The van der Waals surface area contributed by atoms with Gasteiger partial charge in [0.2, 0.25) is 0 Å². The lowest BCUT2D eigenvalue weighted by molar-refractivity contribution is 0.0929. The Morgan fingerprint density at radius 2 is 2.20 bits per heavy atom. The van der Waals surface area contributed by atoms with Crippen molar-refractivity contribution in [2.45, 2.75) is 25.6 Å². The number of rotatable bonds is 5. The van der Waals surface area contributed by atoms with Gasteiger partial charge in [0.25, 0.3) is 5.91 Å². The Bertz CT molecular complexity index is 622. The smallest absolute Gasteiger partial charge is 0.269 e. The zero-order chi connectivity index (χ0) is 13.9. The second-order valence-corrected chi connectivity index (χ2v) is 5.07. The maximum atomic E-state index is 12.0. The normalized spacial score (nSPS) is 14.1. The molecule has 5 nitrogen and oxygen atoms in total. The standard InChI is InChI=1S/C14H14ClN3O2/c15-11-3-1-2-4-13(11)20-9-18-12(7-8-16-18)14(19)17-10-5-6-10/h1-4,7-8,10H,5-6,9H2,(H,17,19). The fraction of sp³-hybridized carbons (Fsp3) is 0.286. The van der Waals surface area contributed by atoms with Crippen molar-refractivity contribution in [3.63, 3.8) is 0 Å². The minimum Gasteiger partial charge on any atom is -0.470 e. The minimum atomic E-state index is -0.118. The molecule has 0 spiro atoms. The summed E-state index contributed by atoms with van der Waals surface area (Å²) in [6, 6.07) is 9.18. The van der Waals surface area contributed by atoms with Gasteiger partial charge in [-0.15, -0.1) is 0 Å². The van der Waals surface area contributed by atoms with E-state index in [0.29, 0.717) is 22.5 Å². The summed E-state index contributed by atoms with van der Waals surface area (Å²) in [6.45, 7) is 0.143. The molecule has 1 aliphatic rings. The zero-order valence-electron chi connectivity index (χ0n) is 10.8. The van der Waals surface area contributed by atoms with E-state index in [9.17, 15) is 4.79 Å². The van der Waals surface area contributed by atoms with Crippen LogP contribution in [0.2, 0.25) is 5.02 Å². The number of carbonyl (C=O) groups is 1. The summed E-state index contributed by atoms with van der Waals surface area (Å²) in [6.07, 6.45) is 3.68. The first-order valence-corrected chi connectivity index (χ1v) is 6.82. The Kier molecular flexibility index (Phi) is 3.60. The Labute approximate surface area is 121 Å². The van der Waals surface area contributed by atoms with E-state index >= 15 is 0 Å². The number of aromatic nitrogens is 2. The van der Waals surface area contributed by atoms with Gasteiger partial charge in [0.05, 0.1) is 5.02 Å². The molecule has 0 bridgehead atoms. The lowest BCUT2D eigenvalue weighted by Crippen LogP contribution is -2.28. The summed E-state index contributed by atoms with van der Waals surface area (Å²) < 4.78 is 7.10. The van der Waals surface area contributed by atoms with Gasteiger partial charge >= 0.3 is 0 Å². The van der Waals surface area contributed by atoms with E-state index in [2.05, 4.69) is 10.4 Å². The molecule has 6 heteroatoms. The summed E-state index contributed by atoms with van der Waals surface area (Å²) in [4.78, 5) is 12.0. The maximum absolute atomic E-state index is 12.0. The summed E-state index contributed by atoms with van der Waals surface area (Å²) in [5.41, 5.74) is 0.490. The lowest BCUT2D eigenvalue weighted by Gasteiger charge is -2.10. The van der Waals surface area contributed by atoms with Gasteiger partial charge < -0.3 is 10.1 Å². The van der Waals surface area contributed by atoms with Crippen LogP contribution in [-0.2, 0) is 6.73 Å². The average Bonchev–Trinajstić information content (AvgIpc) is 3.13. The van der Waals surface area contributed by atoms with Crippen molar-refractivity contribution in [2.75, 3.05) is 0 Å². The number of benzene rings is 1. The zero-order valence-corrected chi connectivity index (χ0v) is 11.5. The van der Waals surface area contributed by atoms with Crippen molar-refractivity contribution in [1.29, 1.82) is 0 Å². The molecule has 2 aromatic rings. The van der Waals surface area contributed by atoms with Crippen LogP contribution in [0.4, 0.5) is 0 Å². The highest BCUT2D eigenvalue weighted by Gasteiger charge is 2.25. The first-order chi connectivity index (χ1) is 9.74. The molecular weight excluding hydrogens is 278 g/mol. The molecule has 1 N–H and O–H groups in total. The summed E-state index contributed by atoms with van der Waals surface area (Å²) >= 11 is 6.01. The Morgan fingerprint density at radius 1 is 1.40 bits per heavy atom. The fourth-order valence-electron chi connectivity index (χ4n) is 1.81. The summed E-state index contributed by atoms with van der Waals surface area (Å²) in [7, 11) is 0. The number of hydrogen-bond donors (Lipinski definition) is 1. The number of carbonyl (C=O) groups excluding carboxylic acids is 1. The van der Waals surface area contributed by atoms with Gasteiger partial charge in [-0.3, -0.25) is 4.79 Å². The predicted octanol–water partition coefficient (Wildman–Crippen LogP) is 2.47. The highest BCUT2D eigenvalue weighted by atomic mass is 35.5. The molecule has 0 atom stereocenters. The Hall–Kier alpha value is -2.01. The van der Waals surface area contributed by atoms with E-state index < -0.39 is 0 Å². The highest BCUT2D eigenvalue weighted by molar-refractivity contribution is 6.32. The number of halogens is 1. The van der Waals surface area contributed by atoms with Crippen LogP contribution >= 0.6 is 11.6 Å². The fourth-order valence-corrected chi connectivity index (χ4v) is 2.00. The van der Waals surface area contributed by atoms with Crippen LogP contribution in [0.1, 0.15) is 23.3 Å². The number of hydrogen-bond acceptors (Lipinski definition) is 3. The van der Waals surface area contributed by atoms with Crippen molar-refractivity contribution in [3.05, 3.63) is 47.2 Å². The van der Waals surface area contributed by atoms with Crippen molar-refractivity contribution in [3.8, 4) is 5.75 Å². The van der Waals surface area contributed by atoms with Crippen molar-refractivity contribution >= 4 is 17.5 Å². The summed E-state index contributed by atoms with van der Waals surface area (Å²) in [5.74, 6) is 0.450. The van der Waals surface area contributed by atoms with Crippen LogP contribution in [-0.4, -0.2) is 21.7 Å². The third-order valence-corrected chi connectivity index (χ3v) is 3.35. The highest BCUT2D eigenvalue weighted by Crippen LogP contribution is 2.23. The molecule has 1 aromatic heterocycles. The monoisotopic (exact) mass is 291 g/mol. The molecule has 1 aromatic carbocycles. The van der Waals surface area contributed by atoms with Gasteiger partial charge in [0, 0.05) is 12.2 Å². The van der Waals surface area contributed by atoms with E-state index in [0.717, 1.165) is 12.8 Å². The molecule has 1 aliphatic carbocycles. The first-order valence-electron chi connectivity index (χ1n) is 6.44. The van der Waals surface area contributed by atoms with Crippen LogP contribution in [0.3, 0.4) is 0 Å². The predicted molar refractivity (Wildman–Crippen MR) is 74.8 cm³/mol. The number of nitrogens with one attached hydrogen (secondary N) is 1. The van der Waals surface area contributed by atoms with Gasteiger partial charge in [-0.25, -0.2) is 4.68 Å². The van der Waals surface area contributed by atoms with E-state index in [4.69, 9.17) is 16.3 Å². The third-order valence-electron chi connectivity index (χ3n) is 3.04. The largest absolute Gasteiger partial charge is 0.470 e. The maximum Gasteiger partial charge on any atom is 0.269 e. The van der Waals surface area contributed by atoms with E-state index in [1.807, 2.05) is 12.1 Å². The number of nitrogens with zero attached hydrogens (tertiary/aromatic N) is 2. The van der Waals surface area contributed by atoms with Crippen LogP contribution in [0.15, 0.2) is 36.5 Å². The molecule has 1 saturated carbocycles. The van der Waals surface area contributed by atoms with Gasteiger partial charge in [0.15, 0.2) is 6.73 Å². The van der Waals surface area contributed by atoms with Crippen LogP contribution in [0.25, 0.3) is 0 Å². The average molecular weight is 292 g/mol. The summed E-state index contributed by atoms with van der Waals surface area (Å²) in [5, 5.41) is 7.55. The molecule has 0 aliphatic heterocycles. The van der Waals surface area contributed by atoms with Gasteiger partial charge in [0.1, 0.15) is 11.4 Å². The van der Waals surface area contributed by atoms with Crippen LogP contribution in [0, 0.1) is 0 Å².